The van der Waals surface area contributed by atoms with Crippen LogP contribution in [0.1, 0.15) is 47.3 Å². The smallest absolute Gasteiger partial charge is 0.358 e. The third-order valence-electron chi connectivity index (χ3n) is 5.42. The Bertz CT molecular complexity index is 787. The number of hydrogen-bond acceptors (Lipinski definition) is 6. The van der Waals surface area contributed by atoms with Crippen LogP contribution in [0.2, 0.25) is 0 Å². The van der Waals surface area contributed by atoms with Gasteiger partial charge in [0.1, 0.15) is 5.75 Å². The van der Waals surface area contributed by atoms with E-state index in [1.165, 1.54) is 56.3 Å². The van der Waals surface area contributed by atoms with Crippen LogP contribution in [0.4, 0.5) is 0 Å². The second-order valence-electron chi connectivity index (χ2n) is 6.98. The highest BCUT2D eigenvalue weighted by molar-refractivity contribution is 5.86. The highest BCUT2D eigenvalue weighted by Crippen LogP contribution is 2.34. The molecule has 0 radical (unpaired) electrons. The average molecular weight is 353 g/mol. The molecule has 1 aromatic heterocycles. The molecular formula is C20H23N3O3. The summed E-state index contributed by atoms with van der Waals surface area (Å²) in [6.45, 7) is 0.921. The molecule has 6 nitrogen and oxygen atoms in total. The topological polar surface area (TPSA) is 73.3 Å². The van der Waals surface area contributed by atoms with Crippen molar-refractivity contribution in [2.45, 2.75) is 44.7 Å². The lowest BCUT2D eigenvalue weighted by atomic mass is 9.78. The largest absolute Gasteiger partial charge is 0.464 e. The van der Waals surface area contributed by atoms with Crippen molar-refractivity contribution >= 4 is 5.97 Å². The van der Waals surface area contributed by atoms with E-state index in [0.717, 1.165) is 24.6 Å². The van der Waals surface area contributed by atoms with Gasteiger partial charge in [0.25, 0.3) is 0 Å². The van der Waals surface area contributed by atoms with E-state index in [1.807, 2.05) is 6.07 Å². The molecule has 1 fully saturated rings. The van der Waals surface area contributed by atoms with Crippen LogP contribution in [0.3, 0.4) is 0 Å². The van der Waals surface area contributed by atoms with Crippen molar-refractivity contribution in [3.05, 3.63) is 47.4 Å². The molecule has 1 aromatic carbocycles. The lowest BCUT2D eigenvalue weighted by molar-refractivity contribution is 0.0593. The van der Waals surface area contributed by atoms with Gasteiger partial charge in [0, 0.05) is 12.6 Å². The average Bonchev–Trinajstić information content (AvgIpc) is 2.83. The van der Waals surface area contributed by atoms with Crippen LogP contribution < -0.4 is 10.1 Å². The summed E-state index contributed by atoms with van der Waals surface area (Å²) in [5.74, 6) is 1.44. The van der Waals surface area contributed by atoms with Gasteiger partial charge in [-0.2, -0.15) is 0 Å². The first-order chi connectivity index (χ1) is 12.7. The number of rotatable bonds is 4. The van der Waals surface area contributed by atoms with Gasteiger partial charge in [-0.05, 0) is 54.9 Å². The first kappa shape index (κ1) is 17.0. The first-order valence-corrected chi connectivity index (χ1v) is 9.16. The van der Waals surface area contributed by atoms with Crippen LogP contribution >= 0.6 is 0 Å². The van der Waals surface area contributed by atoms with Crippen LogP contribution in [0, 0.1) is 5.92 Å². The number of hydrogen-bond donors (Lipinski definition) is 1. The van der Waals surface area contributed by atoms with Crippen molar-refractivity contribution in [2.75, 3.05) is 7.11 Å². The summed E-state index contributed by atoms with van der Waals surface area (Å²) in [5.41, 5.74) is 2.83. The van der Waals surface area contributed by atoms with E-state index in [4.69, 9.17) is 4.74 Å². The predicted molar refractivity (Wildman–Crippen MR) is 96.2 cm³/mol. The maximum absolute atomic E-state index is 11.4. The molecule has 2 heterocycles. The van der Waals surface area contributed by atoms with Gasteiger partial charge in [-0.3, -0.25) is 0 Å². The van der Waals surface area contributed by atoms with Gasteiger partial charge in [0.15, 0.2) is 5.69 Å². The van der Waals surface area contributed by atoms with Gasteiger partial charge in [0.2, 0.25) is 5.88 Å². The lowest BCUT2D eigenvalue weighted by Gasteiger charge is -2.33. The molecule has 0 amide bonds. The van der Waals surface area contributed by atoms with E-state index in [1.54, 1.807) is 0 Å². The van der Waals surface area contributed by atoms with Crippen LogP contribution in [0.25, 0.3) is 0 Å². The molecule has 0 spiro atoms. The van der Waals surface area contributed by atoms with Gasteiger partial charge in [-0.15, -0.1) is 0 Å². The number of carbonyl (C=O) groups is 1. The Morgan fingerprint density at radius 2 is 2.04 bits per heavy atom. The number of benzene rings is 1. The lowest BCUT2D eigenvalue weighted by Crippen LogP contribution is -2.38. The van der Waals surface area contributed by atoms with E-state index in [-0.39, 0.29) is 5.69 Å². The molecule has 4 rings (SSSR count). The number of carbonyl (C=O) groups excluding carboxylic acids is 1. The first-order valence-electron chi connectivity index (χ1n) is 9.16. The summed E-state index contributed by atoms with van der Waals surface area (Å²) in [6, 6.07) is 6.81. The van der Waals surface area contributed by atoms with E-state index in [9.17, 15) is 4.79 Å². The Kier molecular flexibility index (Phi) is 4.84. The highest BCUT2D eigenvalue weighted by atomic mass is 16.5. The fourth-order valence-corrected chi connectivity index (χ4v) is 3.67. The second kappa shape index (κ2) is 7.41. The standard InChI is InChI=1S/C20H23N3O3/c1-25-20(24)18-11-23-19(12-22-18)26-16-7-5-15-10-21-17(13-3-2-4-13)8-6-14(15)9-16/h5,7,9,11-13,17,21H,2-4,6,8,10H2,1H3. The maximum atomic E-state index is 11.4. The Morgan fingerprint density at radius 1 is 1.15 bits per heavy atom. The summed E-state index contributed by atoms with van der Waals surface area (Å²) < 4.78 is 10.4. The molecule has 1 N–H and O–H groups in total. The van der Waals surface area contributed by atoms with Gasteiger partial charge >= 0.3 is 5.97 Å². The molecule has 2 aromatic rings. The van der Waals surface area contributed by atoms with Crippen molar-refractivity contribution in [1.82, 2.24) is 15.3 Å². The molecule has 2 aliphatic rings. The van der Waals surface area contributed by atoms with Gasteiger partial charge < -0.3 is 14.8 Å². The summed E-state index contributed by atoms with van der Waals surface area (Å²) in [7, 11) is 1.31. The molecule has 6 heteroatoms. The fourth-order valence-electron chi connectivity index (χ4n) is 3.67. The van der Waals surface area contributed by atoms with Crippen molar-refractivity contribution in [3.63, 3.8) is 0 Å². The predicted octanol–water partition coefficient (Wildman–Crippen LogP) is 3.26. The number of aryl methyl sites for hydroxylation is 1. The summed E-state index contributed by atoms with van der Waals surface area (Å²) in [6.07, 6.45) is 9.14. The van der Waals surface area contributed by atoms with E-state index in [2.05, 4.69) is 32.2 Å². The molecule has 1 unspecified atom stereocenters. The Hall–Kier alpha value is -2.47. The molecule has 26 heavy (non-hydrogen) atoms. The number of nitrogens with one attached hydrogen (secondary N) is 1. The number of fused-ring (bicyclic) bond motifs is 1. The molecule has 1 saturated carbocycles. The van der Waals surface area contributed by atoms with Crippen LogP contribution in [0.5, 0.6) is 11.6 Å². The van der Waals surface area contributed by atoms with Crippen LogP contribution in [-0.4, -0.2) is 29.1 Å². The molecule has 1 aliphatic heterocycles. The third-order valence-corrected chi connectivity index (χ3v) is 5.42. The summed E-state index contributed by atoms with van der Waals surface area (Å²) >= 11 is 0. The minimum atomic E-state index is -0.511. The Balaban J connectivity index is 1.44. The van der Waals surface area contributed by atoms with Gasteiger partial charge in [-0.25, -0.2) is 14.8 Å². The molecule has 0 bridgehead atoms. The zero-order chi connectivity index (χ0) is 17.9. The number of ether oxygens (including phenoxy) is 2. The fraction of sp³-hybridized carbons (Fsp3) is 0.450. The quantitative estimate of drug-likeness (QED) is 0.851. The van der Waals surface area contributed by atoms with Crippen molar-refractivity contribution < 1.29 is 14.3 Å². The van der Waals surface area contributed by atoms with Crippen molar-refractivity contribution in [1.29, 1.82) is 0 Å². The Morgan fingerprint density at radius 3 is 2.73 bits per heavy atom. The molecule has 1 atom stereocenters. The van der Waals surface area contributed by atoms with Crippen LogP contribution in [0.15, 0.2) is 30.6 Å². The number of methoxy groups -OCH3 is 1. The number of esters is 1. The summed E-state index contributed by atoms with van der Waals surface area (Å²) in [4.78, 5) is 19.6. The SMILES string of the molecule is COC(=O)c1cnc(Oc2ccc3c(c2)CCC(C2CCC2)NC3)cn1. The summed E-state index contributed by atoms with van der Waals surface area (Å²) in [5, 5.41) is 3.72. The van der Waals surface area contributed by atoms with Gasteiger partial charge in [-0.1, -0.05) is 12.5 Å². The zero-order valence-electron chi connectivity index (χ0n) is 14.9. The number of aromatic nitrogens is 2. The zero-order valence-corrected chi connectivity index (χ0v) is 14.9. The number of nitrogens with zero attached hydrogens (tertiary/aromatic N) is 2. The molecular weight excluding hydrogens is 330 g/mol. The van der Waals surface area contributed by atoms with E-state index < -0.39 is 5.97 Å². The Labute approximate surface area is 153 Å². The minimum absolute atomic E-state index is 0.162. The third kappa shape index (κ3) is 3.55. The minimum Gasteiger partial charge on any atom is -0.464 e. The maximum Gasteiger partial charge on any atom is 0.358 e. The van der Waals surface area contributed by atoms with Crippen LogP contribution in [-0.2, 0) is 17.7 Å². The van der Waals surface area contributed by atoms with Gasteiger partial charge in [0.05, 0.1) is 19.5 Å². The van der Waals surface area contributed by atoms with E-state index in [0.29, 0.717) is 11.9 Å². The second-order valence-corrected chi connectivity index (χ2v) is 6.98. The normalized spacial score (nSPS) is 19.8. The van der Waals surface area contributed by atoms with E-state index >= 15 is 0 Å². The molecule has 0 saturated heterocycles. The van der Waals surface area contributed by atoms with Crippen molar-refractivity contribution in [2.24, 2.45) is 5.92 Å². The molecule has 1 aliphatic carbocycles. The monoisotopic (exact) mass is 353 g/mol. The highest BCUT2D eigenvalue weighted by Gasteiger charge is 2.28. The van der Waals surface area contributed by atoms with Crippen molar-refractivity contribution in [3.8, 4) is 11.6 Å². The molecule has 136 valence electrons.